The number of nitrogens with zero attached hydrogens (tertiary/aromatic N) is 1. The van der Waals surface area contributed by atoms with Crippen LogP contribution in [0, 0.1) is 0 Å². The van der Waals surface area contributed by atoms with Crippen LogP contribution in [0.3, 0.4) is 0 Å². The van der Waals surface area contributed by atoms with Crippen LogP contribution < -0.4 is 0 Å². The zero-order valence-electron chi connectivity index (χ0n) is 8.01. The highest BCUT2D eigenvalue weighted by molar-refractivity contribution is 7.88. The lowest BCUT2D eigenvalue weighted by Crippen LogP contribution is -2.28. The van der Waals surface area contributed by atoms with Crippen molar-refractivity contribution >= 4 is 21.4 Å². The fourth-order valence-electron chi connectivity index (χ4n) is 1.90. The van der Waals surface area contributed by atoms with Crippen LogP contribution in [0.25, 0.3) is 0 Å². The Hall–Kier alpha value is -0.390. The van der Waals surface area contributed by atoms with Gasteiger partial charge in [-0.05, 0) is 24.3 Å². The smallest absolute Gasteiger partial charge is 0.211 e. The predicted octanol–water partition coefficient (Wildman–Crippen LogP) is 1.84. The van der Waals surface area contributed by atoms with Gasteiger partial charge in [-0.3, -0.25) is 0 Å². The van der Waals surface area contributed by atoms with Gasteiger partial charge < -0.3 is 0 Å². The van der Waals surface area contributed by atoms with E-state index < -0.39 is 10.0 Å². The molecule has 0 unspecified atom stereocenters. The van der Waals surface area contributed by atoms with Crippen molar-refractivity contribution < 1.29 is 8.42 Å². The monoisotopic (exact) mass is 231 g/mol. The van der Waals surface area contributed by atoms with Gasteiger partial charge in [-0.1, -0.05) is 6.07 Å². The average Bonchev–Trinajstić information content (AvgIpc) is 2.73. The molecule has 2 heterocycles. The summed E-state index contributed by atoms with van der Waals surface area (Å²) in [6.07, 6.45) is 3.21. The molecule has 1 aliphatic heterocycles. The second-order valence-electron chi connectivity index (χ2n) is 3.55. The van der Waals surface area contributed by atoms with Crippen molar-refractivity contribution in [2.45, 2.75) is 18.9 Å². The maximum atomic E-state index is 11.5. The standard InChI is InChI=1S/C9H13NO2S2/c1-14(11,12)10-6-2-4-8(10)9-5-3-7-13-9/h3,5,7-8H,2,4,6H2,1H3/t8-/m0/s1. The molecule has 1 aliphatic rings. The normalized spacial score (nSPS) is 24.2. The maximum Gasteiger partial charge on any atom is 0.211 e. The number of sulfonamides is 1. The van der Waals surface area contributed by atoms with Crippen LogP contribution >= 0.6 is 11.3 Å². The van der Waals surface area contributed by atoms with Gasteiger partial charge in [-0.2, -0.15) is 4.31 Å². The lowest BCUT2D eigenvalue weighted by Gasteiger charge is -2.20. The number of hydrogen-bond donors (Lipinski definition) is 0. The van der Waals surface area contributed by atoms with E-state index in [2.05, 4.69) is 0 Å². The molecule has 0 radical (unpaired) electrons. The van der Waals surface area contributed by atoms with Crippen LogP contribution in [-0.4, -0.2) is 25.5 Å². The van der Waals surface area contributed by atoms with Crippen LogP contribution in [0.2, 0.25) is 0 Å². The second-order valence-corrected chi connectivity index (χ2v) is 6.46. The van der Waals surface area contributed by atoms with Gasteiger partial charge in [0.2, 0.25) is 10.0 Å². The minimum absolute atomic E-state index is 0.0880. The molecule has 0 aromatic carbocycles. The second kappa shape index (κ2) is 3.64. The van der Waals surface area contributed by atoms with Crippen LogP contribution in [0.5, 0.6) is 0 Å². The Morgan fingerprint density at radius 2 is 2.36 bits per heavy atom. The summed E-state index contributed by atoms with van der Waals surface area (Å²) in [5, 5.41) is 1.99. The van der Waals surface area contributed by atoms with Gasteiger partial charge >= 0.3 is 0 Å². The topological polar surface area (TPSA) is 37.4 Å². The van der Waals surface area contributed by atoms with Crippen molar-refractivity contribution in [3.05, 3.63) is 22.4 Å². The highest BCUT2D eigenvalue weighted by Gasteiger charge is 2.32. The van der Waals surface area contributed by atoms with Gasteiger partial charge in [0.25, 0.3) is 0 Å². The molecule has 0 N–H and O–H groups in total. The SMILES string of the molecule is CS(=O)(=O)N1CCC[C@H]1c1cccs1. The van der Waals surface area contributed by atoms with Crippen LogP contribution in [0.15, 0.2) is 17.5 Å². The van der Waals surface area contributed by atoms with Gasteiger partial charge in [0.15, 0.2) is 0 Å². The molecule has 1 fully saturated rings. The average molecular weight is 231 g/mol. The summed E-state index contributed by atoms with van der Waals surface area (Å²) in [5.41, 5.74) is 0. The molecule has 0 bridgehead atoms. The molecule has 5 heteroatoms. The highest BCUT2D eigenvalue weighted by Crippen LogP contribution is 2.35. The summed E-state index contributed by atoms with van der Waals surface area (Å²) in [7, 11) is -3.04. The Morgan fingerprint density at radius 3 is 2.93 bits per heavy atom. The van der Waals surface area contributed by atoms with E-state index in [-0.39, 0.29) is 6.04 Å². The highest BCUT2D eigenvalue weighted by atomic mass is 32.2. The van der Waals surface area contributed by atoms with Crippen molar-refractivity contribution in [3.8, 4) is 0 Å². The molecule has 1 aromatic rings. The predicted molar refractivity (Wildman–Crippen MR) is 57.8 cm³/mol. The summed E-state index contributed by atoms with van der Waals surface area (Å²) >= 11 is 1.63. The molecule has 2 rings (SSSR count). The minimum Gasteiger partial charge on any atom is -0.212 e. The summed E-state index contributed by atoms with van der Waals surface area (Å²) in [6, 6.07) is 4.07. The largest absolute Gasteiger partial charge is 0.212 e. The fourth-order valence-corrected chi connectivity index (χ4v) is 3.98. The molecular weight excluding hydrogens is 218 g/mol. The number of hydrogen-bond acceptors (Lipinski definition) is 3. The van der Waals surface area contributed by atoms with E-state index in [0.717, 1.165) is 17.7 Å². The molecule has 0 saturated carbocycles. The first kappa shape index (κ1) is 10.1. The minimum atomic E-state index is -3.04. The van der Waals surface area contributed by atoms with E-state index in [0.29, 0.717) is 6.54 Å². The van der Waals surface area contributed by atoms with E-state index in [9.17, 15) is 8.42 Å². The Labute approximate surface area is 88.4 Å². The maximum absolute atomic E-state index is 11.5. The van der Waals surface area contributed by atoms with E-state index in [4.69, 9.17) is 0 Å². The van der Waals surface area contributed by atoms with Crippen molar-refractivity contribution in [1.29, 1.82) is 0 Å². The molecular formula is C9H13NO2S2. The third-order valence-electron chi connectivity index (χ3n) is 2.50. The number of rotatable bonds is 2. The number of thiophene rings is 1. The lowest BCUT2D eigenvalue weighted by molar-refractivity contribution is 0.405. The van der Waals surface area contributed by atoms with E-state index in [1.54, 1.807) is 15.6 Å². The summed E-state index contributed by atoms with van der Waals surface area (Å²) in [4.78, 5) is 1.16. The van der Waals surface area contributed by atoms with Crippen molar-refractivity contribution in [2.75, 3.05) is 12.8 Å². The lowest BCUT2D eigenvalue weighted by atomic mass is 10.2. The van der Waals surface area contributed by atoms with Crippen LogP contribution in [-0.2, 0) is 10.0 Å². The Morgan fingerprint density at radius 1 is 1.57 bits per heavy atom. The zero-order valence-corrected chi connectivity index (χ0v) is 9.64. The molecule has 0 spiro atoms. The zero-order chi connectivity index (χ0) is 10.2. The van der Waals surface area contributed by atoms with Crippen LogP contribution in [0.4, 0.5) is 0 Å². The summed E-state index contributed by atoms with van der Waals surface area (Å²) in [5.74, 6) is 0. The molecule has 1 aromatic heterocycles. The van der Waals surface area contributed by atoms with Gasteiger partial charge in [0.1, 0.15) is 0 Å². The Balaban J connectivity index is 2.28. The molecule has 14 heavy (non-hydrogen) atoms. The van der Waals surface area contributed by atoms with E-state index in [1.165, 1.54) is 6.26 Å². The molecule has 0 amide bonds. The Bertz CT molecular complexity index is 396. The molecule has 1 saturated heterocycles. The Kier molecular flexibility index (Phi) is 2.64. The molecule has 3 nitrogen and oxygen atoms in total. The third kappa shape index (κ3) is 1.85. The fraction of sp³-hybridized carbons (Fsp3) is 0.556. The first-order valence-corrected chi connectivity index (χ1v) is 7.32. The first-order valence-electron chi connectivity index (χ1n) is 4.59. The summed E-state index contributed by atoms with van der Waals surface area (Å²) < 4.78 is 24.5. The molecule has 78 valence electrons. The van der Waals surface area contributed by atoms with Crippen LogP contribution in [0.1, 0.15) is 23.8 Å². The van der Waals surface area contributed by atoms with Gasteiger partial charge in [0.05, 0.1) is 12.3 Å². The van der Waals surface area contributed by atoms with Gasteiger partial charge in [-0.25, -0.2) is 8.42 Å². The van der Waals surface area contributed by atoms with E-state index in [1.807, 2.05) is 17.5 Å². The van der Waals surface area contributed by atoms with Crippen molar-refractivity contribution in [2.24, 2.45) is 0 Å². The van der Waals surface area contributed by atoms with E-state index >= 15 is 0 Å². The van der Waals surface area contributed by atoms with Gasteiger partial charge in [0, 0.05) is 11.4 Å². The van der Waals surface area contributed by atoms with Gasteiger partial charge in [-0.15, -0.1) is 11.3 Å². The van der Waals surface area contributed by atoms with Crippen molar-refractivity contribution in [1.82, 2.24) is 4.31 Å². The van der Waals surface area contributed by atoms with Crippen molar-refractivity contribution in [3.63, 3.8) is 0 Å². The third-order valence-corrected chi connectivity index (χ3v) is 4.76. The molecule has 0 aliphatic carbocycles. The molecule has 1 atom stereocenters. The first-order chi connectivity index (χ1) is 6.59. The quantitative estimate of drug-likeness (QED) is 0.779. The summed E-state index contributed by atoms with van der Waals surface area (Å²) in [6.45, 7) is 0.668.